The van der Waals surface area contributed by atoms with E-state index in [1.807, 2.05) is 23.6 Å². The van der Waals surface area contributed by atoms with Gasteiger partial charge in [-0.1, -0.05) is 6.07 Å². The molecule has 1 N–H and O–H groups in total. The number of carbonyl (C=O) groups is 1. The van der Waals surface area contributed by atoms with Crippen LogP contribution in [0.3, 0.4) is 0 Å². The summed E-state index contributed by atoms with van der Waals surface area (Å²) >= 11 is 1.51. The fraction of sp³-hybridized carbons (Fsp3) is 0.381. The Hall–Kier alpha value is -3.27. The van der Waals surface area contributed by atoms with Gasteiger partial charge in [0.25, 0.3) is 5.56 Å². The van der Waals surface area contributed by atoms with E-state index in [2.05, 4.69) is 25.2 Å². The lowest BCUT2D eigenvalue weighted by Crippen LogP contribution is -2.34. The van der Waals surface area contributed by atoms with Crippen molar-refractivity contribution in [1.82, 2.24) is 24.8 Å². The zero-order valence-corrected chi connectivity index (χ0v) is 17.9. The summed E-state index contributed by atoms with van der Waals surface area (Å²) in [6.07, 6.45) is 6.49. The largest absolute Gasteiger partial charge is 0.476 e. The molecule has 10 heteroatoms. The minimum Gasteiger partial charge on any atom is -0.476 e. The normalized spacial score (nSPS) is 13.7. The van der Waals surface area contributed by atoms with Crippen molar-refractivity contribution >= 4 is 23.1 Å². The third-order valence-electron chi connectivity index (χ3n) is 4.95. The number of aromatic nitrogens is 4. The number of rotatable bonds is 8. The zero-order valence-electron chi connectivity index (χ0n) is 17.1. The molecule has 3 aromatic rings. The molecule has 0 radical (unpaired) electrons. The van der Waals surface area contributed by atoms with Crippen molar-refractivity contribution in [3.8, 4) is 16.5 Å². The monoisotopic (exact) mass is 440 g/mol. The topological polar surface area (TPSA) is 102 Å². The van der Waals surface area contributed by atoms with Crippen molar-refractivity contribution in [3.05, 3.63) is 52.7 Å². The van der Waals surface area contributed by atoms with Crippen LogP contribution in [0.5, 0.6) is 5.88 Å². The summed E-state index contributed by atoms with van der Waals surface area (Å²) in [5.41, 5.74) is 0.342. The molecule has 1 saturated heterocycles. The zero-order chi connectivity index (χ0) is 21.5. The molecule has 1 fully saturated rings. The van der Waals surface area contributed by atoms with Gasteiger partial charge in [-0.3, -0.25) is 14.2 Å². The Morgan fingerprint density at radius 1 is 1.16 bits per heavy atom. The minimum absolute atomic E-state index is 0.0941. The highest BCUT2D eigenvalue weighted by Gasteiger charge is 2.13. The van der Waals surface area contributed by atoms with Gasteiger partial charge < -0.3 is 15.0 Å². The molecule has 31 heavy (non-hydrogen) atoms. The van der Waals surface area contributed by atoms with Crippen molar-refractivity contribution in [2.75, 3.05) is 31.1 Å². The first-order valence-corrected chi connectivity index (χ1v) is 11.1. The van der Waals surface area contributed by atoms with Crippen molar-refractivity contribution in [2.45, 2.75) is 25.8 Å². The molecule has 4 heterocycles. The molecule has 1 aliphatic rings. The van der Waals surface area contributed by atoms with E-state index in [4.69, 9.17) is 4.74 Å². The fourth-order valence-corrected chi connectivity index (χ4v) is 4.06. The summed E-state index contributed by atoms with van der Waals surface area (Å²) in [6, 6.07) is 7.07. The van der Waals surface area contributed by atoms with E-state index in [0.717, 1.165) is 23.8 Å². The third-order valence-corrected chi connectivity index (χ3v) is 5.84. The smallest absolute Gasteiger partial charge is 0.254 e. The molecule has 162 valence electrons. The van der Waals surface area contributed by atoms with E-state index in [1.54, 1.807) is 0 Å². The Morgan fingerprint density at radius 2 is 2.03 bits per heavy atom. The SMILES string of the molecule is O=C(Cn1cnc(-c2cccs2)cc1=O)NCCOc1cc(N2CCCCC2)ncn1. The molecular weight excluding hydrogens is 416 g/mol. The molecule has 0 atom stereocenters. The predicted octanol–water partition coefficient (Wildman–Crippen LogP) is 1.95. The van der Waals surface area contributed by atoms with Gasteiger partial charge in [-0.05, 0) is 30.7 Å². The molecule has 9 nitrogen and oxygen atoms in total. The summed E-state index contributed by atoms with van der Waals surface area (Å²) in [5.74, 6) is 1.06. The molecule has 0 aromatic carbocycles. The lowest BCUT2D eigenvalue weighted by atomic mass is 10.1. The number of nitrogens with zero attached hydrogens (tertiary/aromatic N) is 5. The number of piperidine rings is 1. The van der Waals surface area contributed by atoms with Crippen LogP contribution in [-0.2, 0) is 11.3 Å². The van der Waals surface area contributed by atoms with E-state index in [0.29, 0.717) is 18.1 Å². The Kier molecular flexibility index (Phi) is 6.88. The molecule has 0 aliphatic carbocycles. The van der Waals surface area contributed by atoms with Gasteiger partial charge in [0.1, 0.15) is 25.3 Å². The number of nitrogens with one attached hydrogen (secondary N) is 1. The second-order valence-corrected chi connectivity index (χ2v) is 8.13. The van der Waals surface area contributed by atoms with Gasteiger partial charge in [-0.2, -0.15) is 0 Å². The van der Waals surface area contributed by atoms with E-state index in [1.165, 1.54) is 53.9 Å². The van der Waals surface area contributed by atoms with Gasteiger partial charge in [0, 0.05) is 25.2 Å². The maximum absolute atomic E-state index is 12.3. The van der Waals surface area contributed by atoms with Crippen molar-refractivity contribution in [2.24, 2.45) is 0 Å². The summed E-state index contributed by atoms with van der Waals surface area (Å²) < 4.78 is 6.93. The maximum atomic E-state index is 12.3. The van der Waals surface area contributed by atoms with Gasteiger partial charge in [-0.15, -0.1) is 11.3 Å². The summed E-state index contributed by atoms with van der Waals surface area (Å²) in [7, 11) is 0. The number of hydrogen-bond donors (Lipinski definition) is 1. The van der Waals surface area contributed by atoms with E-state index < -0.39 is 0 Å². The molecule has 0 saturated carbocycles. The molecule has 1 aliphatic heterocycles. The summed E-state index contributed by atoms with van der Waals surface area (Å²) in [6.45, 7) is 2.47. The quantitative estimate of drug-likeness (QED) is 0.534. The molecule has 1 amide bonds. The van der Waals surface area contributed by atoms with Crippen molar-refractivity contribution < 1.29 is 9.53 Å². The van der Waals surface area contributed by atoms with Crippen LogP contribution in [0.1, 0.15) is 19.3 Å². The van der Waals surface area contributed by atoms with Crippen LogP contribution in [0.15, 0.2) is 47.1 Å². The highest BCUT2D eigenvalue weighted by molar-refractivity contribution is 7.13. The highest BCUT2D eigenvalue weighted by Crippen LogP contribution is 2.21. The predicted molar refractivity (Wildman–Crippen MR) is 118 cm³/mol. The number of anilines is 1. The van der Waals surface area contributed by atoms with Gasteiger partial charge >= 0.3 is 0 Å². The van der Waals surface area contributed by atoms with Crippen LogP contribution in [0.2, 0.25) is 0 Å². The summed E-state index contributed by atoms with van der Waals surface area (Å²) in [4.78, 5) is 40.3. The van der Waals surface area contributed by atoms with Crippen LogP contribution in [0.25, 0.3) is 10.6 Å². The number of thiophene rings is 1. The standard InChI is InChI=1S/C21H24N6O3S/c28-19(13-27-15-25-16(11-21(27)29)17-5-4-10-31-17)22-6-9-30-20-12-18(23-14-24-20)26-7-2-1-3-8-26/h4-5,10-12,14-15H,1-3,6-9,13H2,(H,22,28). The lowest BCUT2D eigenvalue weighted by Gasteiger charge is -2.27. The Balaban J connectivity index is 1.23. The average molecular weight is 441 g/mol. The Labute approximate surface area is 183 Å². The Bertz CT molecular complexity index is 1060. The van der Waals surface area contributed by atoms with Gasteiger partial charge in [-0.25, -0.2) is 15.0 Å². The first-order chi connectivity index (χ1) is 15.2. The van der Waals surface area contributed by atoms with E-state index in [-0.39, 0.29) is 24.6 Å². The van der Waals surface area contributed by atoms with Gasteiger partial charge in [0.05, 0.1) is 23.4 Å². The minimum atomic E-state index is -0.284. The summed E-state index contributed by atoms with van der Waals surface area (Å²) in [5, 5.41) is 4.67. The van der Waals surface area contributed by atoms with E-state index >= 15 is 0 Å². The van der Waals surface area contributed by atoms with Crippen molar-refractivity contribution in [3.63, 3.8) is 0 Å². The maximum Gasteiger partial charge on any atom is 0.254 e. The fourth-order valence-electron chi connectivity index (χ4n) is 3.37. The molecule has 0 bridgehead atoms. The second kappa shape index (κ2) is 10.2. The molecule has 3 aromatic heterocycles. The van der Waals surface area contributed by atoms with Crippen LogP contribution >= 0.6 is 11.3 Å². The Morgan fingerprint density at radius 3 is 2.81 bits per heavy atom. The van der Waals surface area contributed by atoms with Crippen LogP contribution in [-0.4, -0.2) is 51.7 Å². The number of carbonyl (C=O) groups excluding carboxylic acids is 1. The number of ether oxygens (including phenoxy) is 1. The van der Waals surface area contributed by atoms with Gasteiger partial charge in [0.15, 0.2) is 0 Å². The molecule has 4 rings (SSSR count). The van der Waals surface area contributed by atoms with Crippen LogP contribution < -0.4 is 20.5 Å². The van der Waals surface area contributed by atoms with E-state index in [9.17, 15) is 9.59 Å². The van der Waals surface area contributed by atoms with Crippen LogP contribution in [0, 0.1) is 0 Å². The second-order valence-electron chi connectivity index (χ2n) is 7.18. The molecular formula is C21H24N6O3S. The first-order valence-electron chi connectivity index (χ1n) is 10.3. The number of hydrogen-bond acceptors (Lipinski definition) is 8. The molecule has 0 spiro atoms. The lowest BCUT2D eigenvalue weighted by molar-refractivity contribution is -0.121. The van der Waals surface area contributed by atoms with Gasteiger partial charge in [0.2, 0.25) is 11.8 Å². The average Bonchev–Trinajstić information content (AvgIpc) is 3.34. The first kappa shape index (κ1) is 21.0. The third kappa shape index (κ3) is 5.66. The number of amides is 1. The molecule has 0 unspecified atom stereocenters. The van der Waals surface area contributed by atoms with Crippen molar-refractivity contribution in [1.29, 1.82) is 0 Å². The van der Waals surface area contributed by atoms with Crippen LogP contribution in [0.4, 0.5) is 5.82 Å². The highest BCUT2D eigenvalue weighted by atomic mass is 32.1.